The molecule has 3 heteroatoms. The Morgan fingerprint density at radius 2 is 2.17 bits per heavy atom. The number of aryl methyl sites for hydroxylation is 1. The minimum atomic E-state index is -0.845. The maximum absolute atomic E-state index is 11.4. The molecule has 0 spiro atoms. The molecule has 0 atom stereocenters. The lowest BCUT2D eigenvalue weighted by atomic mass is 9.78. The van der Waals surface area contributed by atoms with Crippen molar-refractivity contribution in [3.05, 3.63) is 28.8 Å². The molecule has 1 N–H and O–H groups in total. The summed E-state index contributed by atoms with van der Waals surface area (Å²) in [6, 6.07) is 3.73. The third-order valence-electron chi connectivity index (χ3n) is 3.67. The van der Waals surface area contributed by atoms with Gasteiger partial charge in [0.05, 0.1) is 12.2 Å². The first kappa shape index (κ1) is 12.9. The van der Waals surface area contributed by atoms with Crippen LogP contribution in [0.5, 0.6) is 5.75 Å². The molecule has 0 fully saturated rings. The van der Waals surface area contributed by atoms with Crippen molar-refractivity contribution >= 4 is 5.97 Å². The molecule has 3 nitrogen and oxygen atoms in total. The van der Waals surface area contributed by atoms with Crippen LogP contribution in [0.25, 0.3) is 0 Å². The Kier molecular flexibility index (Phi) is 3.33. The highest BCUT2D eigenvalue weighted by molar-refractivity contribution is 5.90. The standard InChI is InChI=1S/C15H20O3/c1-4-5-10-8-13-12(9-11(10)14(16)17)15(2,3)6-7-18-13/h8-9H,4-7H2,1-3H3,(H,16,17). The van der Waals surface area contributed by atoms with Crippen LogP contribution in [0.2, 0.25) is 0 Å². The zero-order chi connectivity index (χ0) is 13.3. The van der Waals surface area contributed by atoms with Crippen LogP contribution in [-0.4, -0.2) is 17.7 Å². The summed E-state index contributed by atoms with van der Waals surface area (Å²) in [6.07, 6.45) is 2.63. The molecule has 0 unspecified atom stereocenters. The molecule has 0 saturated heterocycles. The van der Waals surface area contributed by atoms with E-state index in [0.29, 0.717) is 12.2 Å². The summed E-state index contributed by atoms with van der Waals surface area (Å²) in [5.74, 6) is 0.0160. The molecule has 0 aliphatic carbocycles. The van der Waals surface area contributed by atoms with Crippen LogP contribution in [0.1, 0.15) is 55.1 Å². The lowest BCUT2D eigenvalue weighted by molar-refractivity contribution is 0.0695. The number of rotatable bonds is 3. The molecular formula is C15H20O3. The van der Waals surface area contributed by atoms with Crippen LogP contribution in [0.4, 0.5) is 0 Å². The summed E-state index contributed by atoms with van der Waals surface area (Å²) in [7, 11) is 0. The Balaban J connectivity index is 2.57. The number of carbonyl (C=O) groups is 1. The van der Waals surface area contributed by atoms with E-state index >= 15 is 0 Å². The second-order valence-corrected chi connectivity index (χ2v) is 5.54. The summed E-state index contributed by atoms with van der Waals surface area (Å²) in [6.45, 7) is 7.03. The molecule has 1 aromatic rings. The van der Waals surface area contributed by atoms with E-state index in [1.807, 2.05) is 12.1 Å². The number of carboxylic acid groups (broad SMARTS) is 1. The fourth-order valence-electron chi connectivity index (χ4n) is 2.50. The van der Waals surface area contributed by atoms with E-state index in [9.17, 15) is 9.90 Å². The van der Waals surface area contributed by atoms with Gasteiger partial charge in [-0.25, -0.2) is 4.79 Å². The molecule has 1 aromatic carbocycles. The van der Waals surface area contributed by atoms with Crippen molar-refractivity contribution in [3.63, 3.8) is 0 Å². The highest BCUT2D eigenvalue weighted by Gasteiger charge is 2.30. The Hall–Kier alpha value is -1.51. The van der Waals surface area contributed by atoms with Crippen molar-refractivity contribution < 1.29 is 14.6 Å². The van der Waals surface area contributed by atoms with Crippen molar-refractivity contribution in [2.75, 3.05) is 6.61 Å². The molecule has 0 aromatic heterocycles. The highest BCUT2D eigenvalue weighted by Crippen LogP contribution is 2.40. The molecule has 1 aliphatic rings. The van der Waals surface area contributed by atoms with Gasteiger partial charge in [-0.3, -0.25) is 0 Å². The maximum Gasteiger partial charge on any atom is 0.335 e. The summed E-state index contributed by atoms with van der Waals surface area (Å²) in [5.41, 5.74) is 2.31. The lowest BCUT2D eigenvalue weighted by Crippen LogP contribution is -2.27. The van der Waals surface area contributed by atoms with Gasteiger partial charge in [-0.15, -0.1) is 0 Å². The SMILES string of the molecule is CCCc1cc2c(cc1C(=O)O)C(C)(C)CCO2. The fraction of sp³-hybridized carbons (Fsp3) is 0.533. The van der Waals surface area contributed by atoms with Crippen LogP contribution >= 0.6 is 0 Å². The average molecular weight is 248 g/mol. The van der Waals surface area contributed by atoms with Crippen molar-refractivity contribution in [1.29, 1.82) is 0 Å². The van der Waals surface area contributed by atoms with E-state index in [1.165, 1.54) is 0 Å². The van der Waals surface area contributed by atoms with E-state index < -0.39 is 5.97 Å². The summed E-state index contributed by atoms with van der Waals surface area (Å²) in [4.78, 5) is 11.4. The number of aromatic carboxylic acids is 1. The molecule has 1 heterocycles. The number of benzene rings is 1. The van der Waals surface area contributed by atoms with Gasteiger partial charge >= 0.3 is 5.97 Å². The van der Waals surface area contributed by atoms with Gasteiger partial charge in [0.25, 0.3) is 0 Å². The van der Waals surface area contributed by atoms with Crippen LogP contribution in [0.15, 0.2) is 12.1 Å². The van der Waals surface area contributed by atoms with Gasteiger partial charge in [-0.05, 0) is 36.0 Å². The number of hydrogen-bond donors (Lipinski definition) is 1. The molecule has 2 rings (SSSR count). The predicted octanol–water partition coefficient (Wildman–Crippen LogP) is 3.40. The minimum Gasteiger partial charge on any atom is -0.493 e. The van der Waals surface area contributed by atoms with Gasteiger partial charge in [-0.1, -0.05) is 27.2 Å². The largest absolute Gasteiger partial charge is 0.493 e. The smallest absolute Gasteiger partial charge is 0.335 e. The number of fused-ring (bicyclic) bond motifs is 1. The predicted molar refractivity (Wildman–Crippen MR) is 70.5 cm³/mol. The second kappa shape index (κ2) is 4.63. The molecule has 98 valence electrons. The maximum atomic E-state index is 11.4. The zero-order valence-corrected chi connectivity index (χ0v) is 11.2. The lowest BCUT2D eigenvalue weighted by Gasteiger charge is -2.33. The topological polar surface area (TPSA) is 46.5 Å². The second-order valence-electron chi connectivity index (χ2n) is 5.54. The Morgan fingerprint density at radius 3 is 2.78 bits per heavy atom. The number of hydrogen-bond acceptors (Lipinski definition) is 2. The Morgan fingerprint density at radius 1 is 1.44 bits per heavy atom. The first-order valence-corrected chi connectivity index (χ1v) is 6.49. The first-order chi connectivity index (χ1) is 8.45. The third kappa shape index (κ3) is 2.22. The summed E-state index contributed by atoms with van der Waals surface area (Å²) >= 11 is 0. The van der Waals surface area contributed by atoms with Crippen molar-refractivity contribution in [3.8, 4) is 5.75 Å². The van der Waals surface area contributed by atoms with Gasteiger partial charge in [-0.2, -0.15) is 0 Å². The fourth-order valence-corrected chi connectivity index (χ4v) is 2.50. The average Bonchev–Trinajstić information content (AvgIpc) is 2.28. The quantitative estimate of drug-likeness (QED) is 0.891. The summed E-state index contributed by atoms with van der Waals surface area (Å²) in [5, 5.41) is 9.32. The molecule has 0 saturated carbocycles. The molecule has 1 aliphatic heterocycles. The molecule has 18 heavy (non-hydrogen) atoms. The highest BCUT2D eigenvalue weighted by atomic mass is 16.5. The van der Waals surface area contributed by atoms with E-state index in [1.54, 1.807) is 0 Å². The zero-order valence-electron chi connectivity index (χ0n) is 11.2. The van der Waals surface area contributed by atoms with Crippen molar-refractivity contribution in [1.82, 2.24) is 0 Å². The number of carboxylic acids is 1. The van der Waals surface area contributed by atoms with Crippen LogP contribution < -0.4 is 4.74 Å². The van der Waals surface area contributed by atoms with E-state index in [-0.39, 0.29) is 5.41 Å². The Bertz CT molecular complexity index is 475. The number of ether oxygens (including phenoxy) is 1. The monoisotopic (exact) mass is 248 g/mol. The van der Waals surface area contributed by atoms with Gasteiger partial charge in [0.2, 0.25) is 0 Å². The van der Waals surface area contributed by atoms with Crippen LogP contribution in [-0.2, 0) is 11.8 Å². The third-order valence-corrected chi connectivity index (χ3v) is 3.67. The van der Waals surface area contributed by atoms with Crippen molar-refractivity contribution in [2.24, 2.45) is 0 Å². The molecule has 0 bridgehead atoms. The molecular weight excluding hydrogens is 228 g/mol. The Labute approximate surface area is 108 Å². The minimum absolute atomic E-state index is 0.0114. The van der Waals surface area contributed by atoms with Crippen molar-refractivity contribution in [2.45, 2.75) is 45.4 Å². The first-order valence-electron chi connectivity index (χ1n) is 6.49. The van der Waals surface area contributed by atoms with Crippen LogP contribution in [0, 0.1) is 0 Å². The normalized spacial score (nSPS) is 16.8. The van der Waals surface area contributed by atoms with Gasteiger partial charge in [0.1, 0.15) is 5.75 Å². The van der Waals surface area contributed by atoms with E-state index in [0.717, 1.165) is 36.1 Å². The van der Waals surface area contributed by atoms with E-state index in [2.05, 4.69) is 20.8 Å². The van der Waals surface area contributed by atoms with E-state index in [4.69, 9.17) is 4.74 Å². The molecule has 0 amide bonds. The van der Waals surface area contributed by atoms with Crippen LogP contribution in [0.3, 0.4) is 0 Å². The van der Waals surface area contributed by atoms with Gasteiger partial charge < -0.3 is 9.84 Å². The summed E-state index contributed by atoms with van der Waals surface area (Å²) < 4.78 is 5.69. The van der Waals surface area contributed by atoms with Gasteiger partial charge in [0, 0.05) is 5.56 Å². The molecule has 0 radical (unpaired) electrons. The van der Waals surface area contributed by atoms with Gasteiger partial charge in [0.15, 0.2) is 0 Å².